The second-order valence-corrected chi connectivity index (χ2v) is 6.90. The van der Waals surface area contributed by atoms with Gasteiger partial charge in [-0.25, -0.2) is 0 Å². The Morgan fingerprint density at radius 2 is 2.24 bits per heavy atom. The number of thiophene rings is 1. The van der Waals surface area contributed by atoms with E-state index in [2.05, 4.69) is 26.3 Å². The minimum Gasteiger partial charge on any atom is -0.321 e. The van der Waals surface area contributed by atoms with Gasteiger partial charge >= 0.3 is 0 Å². The molecule has 0 saturated carbocycles. The van der Waals surface area contributed by atoms with Crippen molar-refractivity contribution < 1.29 is 9.28 Å². The molecule has 2 nitrogen and oxygen atoms in total. The average molecular weight is 252 g/mol. The molecule has 1 unspecified atom stereocenters. The summed E-state index contributed by atoms with van der Waals surface area (Å²) in [7, 11) is 2.34. The summed E-state index contributed by atoms with van der Waals surface area (Å²) in [6.07, 6.45) is 1.07. The predicted octanol–water partition coefficient (Wildman–Crippen LogP) is 3.11. The molecule has 94 valence electrons. The van der Waals surface area contributed by atoms with Crippen LogP contribution in [0.5, 0.6) is 0 Å². The quantitative estimate of drug-likeness (QED) is 0.597. The maximum atomic E-state index is 11.5. The molecule has 1 aliphatic heterocycles. The summed E-state index contributed by atoms with van der Waals surface area (Å²) in [6, 6.07) is 0. The molecular formula is C14H22NOS+. The topological polar surface area (TPSA) is 17.1 Å². The number of carbonyl (C=O) groups excluding carboxylic acids is 1. The fraction of sp³-hybridized carbons (Fsp3) is 0.643. The van der Waals surface area contributed by atoms with Gasteiger partial charge in [0.05, 0.1) is 25.0 Å². The maximum Gasteiger partial charge on any atom is 0.160 e. The summed E-state index contributed by atoms with van der Waals surface area (Å²) >= 11 is 1.77. The molecule has 0 bridgehead atoms. The molecule has 2 heterocycles. The third-order valence-electron chi connectivity index (χ3n) is 3.59. The Hall–Kier alpha value is -0.670. The normalized spacial score (nSPS) is 23.8. The first kappa shape index (κ1) is 12.8. The minimum absolute atomic E-state index is 0.225. The molecule has 0 radical (unpaired) electrons. The molecule has 0 aliphatic carbocycles. The van der Waals surface area contributed by atoms with Gasteiger partial charge in [0.2, 0.25) is 0 Å². The molecule has 3 heteroatoms. The number of quaternary nitrogens is 1. The molecule has 2 rings (SSSR count). The van der Waals surface area contributed by atoms with Gasteiger partial charge in [0.15, 0.2) is 5.78 Å². The number of Topliss-reactive ketones (excluding diaryl/α,β-unsaturated/α-hetero) is 1. The molecule has 0 spiro atoms. The predicted molar refractivity (Wildman–Crippen MR) is 72.5 cm³/mol. The number of rotatable bonds is 3. The van der Waals surface area contributed by atoms with E-state index in [-0.39, 0.29) is 5.78 Å². The zero-order chi connectivity index (χ0) is 12.6. The summed E-state index contributed by atoms with van der Waals surface area (Å²) in [5.74, 6) is 0.955. The van der Waals surface area contributed by atoms with Crippen LogP contribution in [-0.4, -0.2) is 30.4 Å². The van der Waals surface area contributed by atoms with Crippen LogP contribution in [0.3, 0.4) is 0 Å². The molecule has 1 aliphatic rings. The number of nitrogens with zero attached hydrogens (tertiary/aromatic N) is 1. The van der Waals surface area contributed by atoms with Crippen molar-refractivity contribution >= 4 is 17.1 Å². The zero-order valence-corrected chi connectivity index (χ0v) is 12.1. The van der Waals surface area contributed by atoms with Crippen LogP contribution in [-0.2, 0) is 13.0 Å². The Balaban J connectivity index is 2.23. The third kappa shape index (κ3) is 2.61. The van der Waals surface area contributed by atoms with E-state index in [0.717, 1.165) is 28.9 Å². The minimum atomic E-state index is 0.225. The second kappa shape index (κ2) is 4.54. The highest BCUT2D eigenvalue weighted by molar-refractivity contribution is 7.10. The van der Waals surface area contributed by atoms with Crippen molar-refractivity contribution in [2.75, 3.05) is 20.1 Å². The van der Waals surface area contributed by atoms with Gasteiger partial charge in [0, 0.05) is 23.3 Å². The number of likely N-dealkylation sites (N-methyl/N-ethyl adjacent to an activating group) is 1. The van der Waals surface area contributed by atoms with Crippen molar-refractivity contribution in [1.29, 1.82) is 0 Å². The molecule has 17 heavy (non-hydrogen) atoms. The summed E-state index contributed by atoms with van der Waals surface area (Å²) in [5, 5.41) is 2.05. The van der Waals surface area contributed by atoms with Gasteiger partial charge < -0.3 is 4.48 Å². The van der Waals surface area contributed by atoms with Crippen LogP contribution < -0.4 is 0 Å². The standard InChI is InChI=1S/C14H22NOS/c1-10(2)7-15(4)6-5-12-13(11(3)16)9-17-14(12)8-15/h9-10H,5-8H2,1-4H3/q+1. The average Bonchev–Trinajstić information content (AvgIpc) is 2.57. The van der Waals surface area contributed by atoms with Gasteiger partial charge in [-0.15, -0.1) is 11.3 Å². The van der Waals surface area contributed by atoms with Crippen molar-refractivity contribution in [3.05, 3.63) is 21.4 Å². The smallest absolute Gasteiger partial charge is 0.160 e. The van der Waals surface area contributed by atoms with Crippen LogP contribution >= 0.6 is 11.3 Å². The van der Waals surface area contributed by atoms with E-state index in [1.165, 1.54) is 23.5 Å². The molecule has 0 amide bonds. The van der Waals surface area contributed by atoms with Crippen LogP contribution in [0.1, 0.15) is 41.6 Å². The van der Waals surface area contributed by atoms with E-state index in [0.29, 0.717) is 0 Å². The molecule has 0 fully saturated rings. The molecule has 1 atom stereocenters. The van der Waals surface area contributed by atoms with Crippen molar-refractivity contribution in [1.82, 2.24) is 0 Å². The highest BCUT2D eigenvalue weighted by Crippen LogP contribution is 2.32. The fourth-order valence-corrected chi connectivity index (χ4v) is 4.28. The maximum absolute atomic E-state index is 11.5. The van der Waals surface area contributed by atoms with E-state index >= 15 is 0 Å². The summed E-state index contributed by atoms with van der Waals surface area (Å²) < 4.78 is 1.13. The monoisotopic (exact) mass is 252 g/mol. The number of carbonyl (C=O) groups is 1. The second-order valence-electron chi connectivity index (χ2n) is 5.93. The lowest BCUT2D eigenvalue weighted by atomic mass is 9.99. The van der Waals surface area contributed by atoms with Gasteiger partial charge in [0.1, 0.15) is 6.54 Å². The summed E-state index contributed by atoms with van der Waals surface area (Å²) in [5.41, 5.74) is 2.31. The molecule has 0 saturated heterocycles. The molecular weight excluding hydrogens is 230 g/mol. The van der Waals surface area contributed by atoms with Crippen LogP contribution in [0.4, 0.5) is 0 Å². The van der Waals surface area contributed by atoms with E-state index < -0.39 is 0 Å². The lowest BCUT2D eigenvalue weighted by Gasteiger charge is -2.39. The molecule has 1 aromatic rings. The largest absolute Gasteiger partial charge is 0.321 e. The first-order valence-electron chi connectivity index (χ1n) is 6.35. The van der Waals surface area contributed by atoms with Crippen LogP contribution in [0.2, 0.25) is 0 Å². The Morgan fingerprint density at radius 1 is 1.53 bits per heavy atom. The fourth-order valence-electron chi connectivity index (χ4n) is 2.97. The molecule has 1 aromatic heterocycles. The Kier molecular flexibility index (Phi) is 3.41. The first-order chi connectivity index (χ1) is 7.91. The van der Waals surface area contributed by atoms with Gasteiger partial charge in [-0.3, -0.25) is 4.79 Å². The van der Waals surface area contributed by atoms with Crippen LogP contribution in [0.25, 0.3) is 0 Å². The molecule has 0 N–H and O–H groups in total. The van der Waals surface area contributed by atoms with Gasteiger partial charge in [-0.05, 0) is 12.5 Å². The summed E-state index contributed by atoms with van der Waals surface area (Å²) in [6.45, 7) is 9.75. The first-order valence-corrected chi connectivity index (χ1v) is 7.23. The van der Waals surface area contributed by atoms with Crippen molar-refractivity contribution in [2.24, 2.45) is 5.92 Å². The number of ketones is 1. The van der Waals surface area contributed by atoms with Crippen LogP contribution in [0.15, 0.2) is 5.38 Å². The van der Waals surface area contributed by atoms with E-state index in [9.17, 15) is 4.79 Å². The number of hydrogen-bond donors (Lipinski definition) is 0. The Labute approximate surface area is 108 Å². The highest BCUT2D eigenvalue weighted by atomic mass is 32.1. The number of fused-ring (bicyclic) bond motifs is 1. The highest BCUT2D eigenvalue weighted by Gasteiger charge is 2.32. The SMILES string of the molecule is CC(=O)c1csc2c1CC[N+](C)(CC(C)C)C2. The van der Waals surface area contributed by atoms with Crippen molar-refractivity contribution in [3.63, 3.8) is 0 Å². The van der Waals surface area contributed by atoms with Gasteiger partial charge in [-0.1, -0.05) is 13.8 Å². The van der Waals surface area contributed by atoms with Gasteiger partial charge in [0.25, 0.3) is 0 Å². The van der Waals surface area contributed by atoms with Crippen molar-refractivity contribution in [3.8, 4) is 0 Å². The zero-order valence-electron chi connectivity index (χ0n) is 11.2. The lowest BCUT2D eigenvalue weighted by Crippen LogP contribution is -2.49. The van der Waals surface area contributed by atoms with E-state index in [1.807, 2.05) is 0 Å². The molecule has 0 aromatic carbocycles. The lowest BCUT2D eigenvalue weighted by molar-refractivity contribution is -0.926. The van der Waals surface area contributed by atoms with E-state index in [1.54, 1.807) is 18.3 Å². The van der Waals surface area contributed by atoms with E-state index in [4.69, 9.17) is 0 Å². The van der Waals surface area contributed by atoms with Crippen molar-refractivity contribution in [2.45, 2.75) is 33.7 Å². The van der Waals surface area contributed by atoms with Crippen LogP contribution in [0, 0.1) is 5.92 Å². The number of hydrogen-bond acceptors (Lipinski definition) is 2. The van der Waals surface area contributed by atoms with Gasteiger partial charge in [-0.2, -0.15) is 0 Å². The summed E-state index contributed by atoms with van der Waals surface area (Å²) in [4.78, 5) is 13.0. The Morgan fingerprint density at radius 3 is 2.82 bits per heavy atom. The Bertz CT molecular complexity index is 435. The third-order valence-corrected chi connectivity index (χ3v) is 4.61.